The van der Waals surface area contributed by atoms with Gasteiger partial charge in [0.05, 0.1) is 6.20 Å². The van der Waals surface area contributed by atoms with Crippen molar-refractivity contribution in [1.29, 1.82) is 0 Å². The normalized spacial score (nSPS) is 13.0. The molecule has 1 aromatic heterocycles. The zero-order chi connectivity index (χ0) is 9.84. The fourth-order valence-corrected chi connectivity index (χ4v) is 0.961. The monoisotopic (exact) mass is 199 g/mol. The van der Waals surface area contributed by atoms with Gasteiger partial charge in [-0.15, -0.1) is 0 Å². The third-order valence-electron chi connectivity index (χ3n) is 2.03. The number of nitrogens with zero attached hydrogens (tertiary/aromatic N) is 2. The van der Waals surface area contributed by atoms with E-state index in [0.717, 1.165) is 0 Å². The zero-order valence-electron chi connectivity index (χ0n) is 8.08. The largest absolute Gasteiger partial charge is 0.366 e. The highest BCUT2D eigenvalue weighted by Gasteiger charge is 2.09. The fraction of sp³-hybridized carbons (Fsp3) is 0.556. The average Bonchev–Trinajstić information content (AvgIpc) is 2.08. The summed E-state index contributed by atoms with van der Waals surface area (Å²) in [7, 11) is 0. The third-order valence-corrected chi connectivity index (χ3v) is 2.31. The molecule has 72 valence electrons. The molecule has 3 nitrogen and oxygen atoms in total. The Morgan fingerprint density at radius 3 is 2.62 bits per heavy atom. The van der Waals surface area contributed by atoms with Crippen LogP contribution in [0.5, 0.6) is 0 Å². The van der Waals surface area contributed by atoms with Crippen LogP contribution in [-0.4, -0.2) is 16.0 Å². The van der Waals surface area contributed by atoms with Crippen LogP contribution in [0.3, 0.4) is 0 Å². The lowest BCUT2D eigenvalue weighted by Crippen LogP contribution is -2.22. The SMILES string of the molecule is CC(C)C(C)Nc1ncncc1Cl. The highest BCUT2D eigenvalue weighted by molar-refractivity contribution is 6.32. The van der Waals surface area contributed by atoms with Crippen LogP contribution in [0.4, 0.5) is 5.82 Å². The van der Waals surface area contributed by atoms with E-state index >= 15 is 0 Å². The standard InChI is InChI=1S/C9H14ClN3/c1-6(2)7(3)13-9-8(10)4-11-5-12-9/h4-7H,1-3H3,(H,11,12,13). The van der Waals surface area contributed by atoms with E-state index in [-0.39, 0.29) is 0 Å². The summed E-state index contributed by atoms with van der Waals surface area (Å²) in [5.41, 5.74) is 0. The highest BCUT2D eigenvalue weighted by atomic mass is 35.5. The summed E-state index contributed by atoms with van der Waals surface area (Å²) < 4.78 is 0. The van der Waals surface area contributed by atoms with Crippen molar-refractivity contribution in [2.24, 2.45) is 5.92 Å². The van der Waals surface area contributed by atoms with Gasteiger partial charge >= 0.3 is 0 Å². The first-order chi connectivity index (χ1) is 6.11. The van der Waals surface area contributed by atoms with Gasteiger partial charge in [0.25, 0.3) is 0 Å². The minimum absolute atomic E-state index is 0.354. The summed E-state index contributed by atoms with van der Waals surface area (Å²) >= 11 is 5.89. The van der Waals surface area contributed by atoms with Crippen LogP contribution in [0, 0.1) is 5.92 Å². The van der Waals surface area contributed by atoms with Gasteiger partial charge in [-0.1, -0.05) is 25.4 Å². The number of aromatic nitrogens is 2. The van der Waals surface area contributed by atoms with Gasteiger partial charge < -0.3 is 5.32 Å². The van der Waals surface area contributed by atoms with Gasteiger partial charge in [0, 0.05) is 6.04 Å². The lowest BCUT2D eigenvalue weighted by Gasteiger charge is -2.18. The summed E-state index contributed by atoms with van der Waals surface area (Å²) in [5, 5.41) is 3.79. The molecule has 0 spiro atoms. The first-order valence-electron chi connectivity index (χ1n) is 4.33. The first kappa shape index (κ1) is 10.3. The van der Waals surface area contributed by atoms with Crippen LogP contribution < -0.4 is 5.32 Å². The average molecular weight is 200 g/mol. The number of anilines is 1. The lowest BCUT2D eigenvalue weighted by molar-refractivity contribution is 0.558. The van der Waals surface area contributed by atoms with Crippen LogP contribution in [0.15, 0.2) is 12.5 Å². The molecule has 1 heterocycles. The molecule has 1 rings (SSSR count). The quantitative estimate of drug-likeness (QED) is 0.813. The van der Waals surface area contributed by atoms with Crippen LogP contribution >= 0.6 is 11.6 Å². The molecule has 0 fully saturated rings. The molecule has 13 heavy (non-hydrogen) atoms. The molecule has 1 aromatic rings. The Hall–Kier alpha value is -0.830. The number of hydrogen-bond donors (Lipinski definition) is 1. The Bertz CT molecular complexity index is 275. The molecule has 0 saturated carbocycles. The molecule has 0 amide bonds. The van der Waals surface area contributed by atoms with E-state index in [2.05, 4.69) is 36.1 Å². The highest BCUT2D eigenvalue weighted by Crippen LogP contribution is 2.18. The topological polar surface area (TPSA) is 37.8 Å². The minimum atomic E-state index is 0.354. The predicted molar refractivity (Wildman–Crippen MR) is 55.0 cm³/mol. The minimum Gasteiger partial charge on any atom is -0.366 e. The second-order valence-corrected chi connectivity index (χ2v) is 3.80. The smallest absolute Gasteiger partial charge is 0.148 e. The molecule has 0 aliphatic heterocycles. The van der Waals surface area contributed by atoms with E-state index in [1.807, 2.05) is 0 Å². The molecule has 0 saturated heterocycles. The van der Waals surface area contributed by atoms with Crippen molar-refractivity contribution < 1.29 is 0 Å². The number of hydrogen-bond acceptors (Lipinski definition) is 3. The van der Waals surface area contributed by atoms with Gasteiger partial charge in [0.2, 0.25) is 0 Å². The number of nitrogens with one attached hydrogen (secondary N) is 1. The van der Waals surface area contributed by atoms with Crippen LogP contribution in [0.25, 0.3) is 0 Å². The summed E-state index contributed by atoms with van der Waals surface area (Å²) in [4.78, 5) is 7.86. The molecular formula is C9H14ClN3. The predicted octanol–water partition coefficient (Wildman–Crippen LogP) is 2.59. The maximum absolute atomic E-state index is 5.89. The fourth-order valence-electron chi connectivity index (χ4n) is 0.801. The molecule has 4 heteroatoms. The summed E-state index contributed by atoms with van der Waals surface area (Å²) in [5.74, 6) is 1.25. The molecule has 1 N–H and O–H groups in total. The van der Waals surface area contributed by atoms with Gasteiger partial charge in [0.15, 0.2) is 0 Å². The van der Waals surface area contributed by atoms with Gasteiger partial charge in [-0.05, 0) is 12.8 Å². The van der Waals surface area contributed by atoms with Crippen LogP contribution in [0.2, 0.25) is 5.02 Å². The summed E-state index contributed by atoms with van der Waals surface area (Å²) in [6.07, 6.45) is 3.07. The van der Waals surface area contributed by atoms with Gasteiger partial charge in [-0.2, -0.15) is 0 Å². The van der Waals surface area contributed by atoms with E-state index in [1.165, 1.54) is 6.33 Å². The van der Waals surface area contributed by atoms with E-state index < -0.39 is 0 Å². The Morgan fingerprint density at radius 2 is 2.08 bits per heavy atom. The zero-order valence-corrected chi connectivity index (χ0v) is 8.84. The van der Waals surface area contributed by atoms with Crippen molar-refractivity contribution in [3.63, 3.8) is 0 Å². The molecule has 0 bridgehead atoms. The van der Waals surface area contributed by atoms with Crippen molar-refractivity contribution in [2.45, 2.75) is 26.8 Å². The number of halogens is 1. The second-order valence-electron chi connectivity index (χ2n) is 3.40. The van der Waals surface area contributed by atoms with E-state index in [4.69, 9.17) is 11.6 Å². The summed E-state index contributed by atoms with van der Waals surface area (Å²) in [6.45, 7) is 6.39. The molecular weight excluding hydrogens is 186 g/mol. The van der Waals surface area contributed by atoms with Crippen molar-refractivity contribution in [3.8, 4) is 0 Å². The van der Waals surface area contributed by atoms with E-state index in [0.29, 0.717) is 22.8 Å². The maximum Gasteiger partial charge on any atom is 0.148 e. The van der Waals surface area contributed by atoms with Gasteiger partial charge in [0.1, 0.15) is 17.2 Å². The third kappa shape index (κ3) is 2.84. The van der Waals surface area contributed by atoms with Crippen LogP contribution in [0.1, 0.15) is 20.8 Å². The van der Waals surface area contributed by atoms with Crippen molar-refractivity contribution in [1.82, 2.24) is 9.97 Å². The molecule has 0 aromatic carbocycles. The first-order valence-corrected chi connectivity index (χ1v) is 4.71. The lowest BCUT2D eigenvalue weighted by atomic mass is 10.1. The molecule has 1 unspecified atom stereocenters. The molecule has 0 radical (unpaired) electrons. The molecule has 0 aliphatic rings. The Balaban J connectivity index is 2.69. The van der Waals surface area contributed by atoms with Crippen molar-refractivity contribution in [3.05, 3.63) is 17.5 Å². The molecule has 1 atom stereocenters. The number of rotatable bonds is 3. The Kier molecular flexibility index (Phi) is 3.48. The Morgan fingerprint density at radius 1 is 1.38 bits per heavy atom. The van der Waals surface area contributed by atoms with E-state index in [9.17, 15) is 0 Å². The van der Waals surface area contributed by atoms with Crippen molar-refractivity contribution in [2.75, 3.05) is 5.32 Å². The molecule has 0 aliphatic carbocycles. The van der Waals surface area contributed by atoms with E-state index in [1.54, 1.807) is 6.20 Å². The van der Waals surface area contributed by atoms with Gasteiger partial charge in [-0.3, -0.25) is 0 Å². The second kappa shape index (κ2) is 4.42. The summed E-state index contributed by atoms with van der Waals surface area (Å²) in [6, 6.07) is 0.354. The van der Waals surface area contributed by atoms with Crippen LogP contribution in [-0.2, 0) is 0 Å². The maximum atomic E-state index is 5.89. The Labute approximate surface area is 83.5 Å². The van der Waals surface area contributed by atoms with Gasteiger partial charge in [-0.25, -0.2) is 9.97 Å². The van der Waals surface area contributed by atoms with Crippen molar-refractivity contribution >= 4 is 17.4 Å².